The fourth-order valence-corrected chi connectivity index (χ4v) is 2.57. The molecule has 2 rings (SSSR count). The van der Waals surface area contributed by atoms with Gasteiger partial charge in [-0.3, -0.25) is 0 Å². The second kappa shape index (κ2) is 6.57. The Hall–Kier alpha value is -1.74. The number of hydrogen-bond acceptors (Lipinski definition) is 1. The molecule has 1 atom stereocenters. The van der Waals surface area contributed by atoms with Gasteiger partial charge in [-0.2, -0.15) is 0 Å². The SMILES string of the molecule is CC(C)(C)c1ccc(CC(CN)c2cc(F)ccc2F)cc1. The normalized spacial score (nSPS) is 13.2. The number of halogens is 2. The van der Waals surface area contributed by atoms with E-state index < -0.39 is 11.6 Å². The highest BCUT2D eigenvalue weighted by Crippen LogP contribution is 2.26. The highest BCUT2D eigenvalue weighted by atomic mass is 19.1. The highest BCUT2D eigenvalue weighted by Gasteiger charge is 2.17. The van der Waals surface area contributed by atoms with Crippen LogP contribution in [0.3, 0.4) is 0 Å². The molecular formula is C19H23F2N. The van der Waals surface area contributed by atoms with E-state index in [2.05, 4.69) is 32.9 Å². The Morgan fingerprint density at radius 3 is 2.18 bits per heavy atom. The maximum Gasteiger partial charge on any atom is 0.126 e. The molecule has 3 heteroatoms. The molecule has 0 radical (unpaired) electrons. The Balaban J connectivity index is 2.22. The van der Waals surface area contributed by atoms with Gasteiger partial charge >= 0.3 is 0 Å². The van der Waals surface area contributed by atoms with Crippen LogP contribution >= 0.6 is 0 Å². The monoisotopic (exact) mass is 303 g/mol. The minimum absolute atomic E-state index is 0.0977. The van der Waals surface area contributed by atoms with E-state index in [4.69, 9.17) is 5.73 Å². The summed E-state index contributed by atoms with van der Waals surface area (Å²) in [7, 11) is 0. The Bertz CT molecular complexity index is 627. The number of benzene rings is 2. The smallest absolute Gasteiger partial charge is 0.126 e. The van der Waals surface area contributed by atoms with Crippen LogP contribution in [0, 0.1) is 11.6 Å². The van der Waals surface area contributed by atoms with Crippen molar-refractivity contribution in [3.63, 3.8) is 0 Å². The van der Waals surface area contributed by atoms with Gasteiger partial charge in [0, 0.05) is 5.92 Å². The van der Waals surface area contributed by atoms with Crippen molar-refractivity contribution in [2.24, 2.45) is 5.73 Å². The Labute approximate surface area is 131 Å². The largest absolute Gasteiger partial charge is 0.330 e. The fraction of sp³-hybridized carbons (Fsp3) is 0.368. The van der Waals surface area contributed by atoms with Gasteiger partial charge in [-0.15, -0.1) is 0 Å². The molecule has 2 aromatic rings. The first-order chi connectivity index (χ1) is 10.3. The first kappa shape index (κ1) is 16.6. The average molecular weight is 303 g/mol. The van der Waals surface area contributed by atoms with Gasteiger partial charge < -0.3 is 5.73 Å². The van der Waals surface area contributed by atoms with Crippen molar-refractivity contribution < 1.29 is 8.78 Å². The van der Waals surface area contributed by atoms with Crippen molar-refractivity contribution >= 4 is 0 Å². The quantitative estimate of drug-likeness (QED) is 0.881. The van der Waals surface area contributed by atoms with Crippen LogP contribution in [0.15, 0.2) is 42.5 Å². The minimum Gasteiger partial charge on any atom is -0.330 e. The summed E-state index contributed by atoms with van der Waals surface area (Å²) in [6.45, 7) is 6.76. The van der Waals surface area contributed by atoms with Crippen molar-refractivity contribution in [3.05, 3.63) is 70.8 Å². The van der Waals surface area contributed by atoms with Crippen molar-refractivity contribution in [2.75, 3.05) is 6.54 Å². The van der Waals surface area contributed by atoms with E-state index in [1.807, 2.05) is 12.1 Å². The van der Waals surface area contributed by atoms with Gasteiger partial charge in [0.05, 0.1) is 0 Å². The zero-order chi connectivity index (χ0) is 16.3. The summed E-state index contributed by atoms with van der Waals surface area (Å²) in [5.74, 6) is -1.06. The van der Waals surface area contributed by atoms with Gasteiger partial charge in [-0.1, -0.05) is 45.0 Å². The molecule has 2 N–H and O–H groups in total. The Morgan fingerprint density at radius 2 is 1.64 bits per heavy atom. The number of nitrogens with two attached hydrogens (primary N) is 1. The molecular weight excluding hydrogens is 280 g/mol. The van der Waals surface area contributed by atoms with Crippen molar-refractivity contribution in [3.8, 4) is 0 Å². The van der Waals surface area contributed by atoms with Crippen molar-refractivity contribution in [2.45, 2.75) is 38.5 Å². The van der Waals surface area contributed by atoms with Crippen LogP contribution in [0.5, 0.6) is 0 Å². The van der Waals surface area contributed by atoms with Gasteiger partial charge in [0.15, 0.2) is 0 Å². The number of rotatable bonds is 4. The fourth-order valence-electron chi connectivity index (χ4n) is 2.57. The third-order valence-electron chi connectivity index (χ3n) is 3.98. The zero-order valence-electron chi connectivity index (χ0n) is 13.4. The first-order valence-electron chi connectivity index (χ1n) is 7.55. The maximum atomic E-state index is 13.9. The lowest BCUT2D eigenvalue weighted by atomic mass is 9.85. The van der Waals surface area contributed by atoms with E-state index in [-0.39, 0.29) is 17.9 Å². The molecule has 0 saturated heterocycles. The van der Waals surface area contributed by atoms with Crippen LogP contribution in [0.25, 0.3) is 0 Å². The average Bonchev–Trinajstić information content (AvgIpc) is 2.47. The summed E-state index contributed by atoms with van der Waals surface area (Å²) in [6.07, 6.45) is 0.599. The summed E-state index contributed by atoms with van der Waals surface area (Å²) in [4.78, 5) is 0. The second-order valence-electron chi connectivity index (χ2n) is 6.75. The number of hydrogen-bond donors (Lipinski definition) is 1. The van der Waals surface area contributed by atoms with Crippen LogP contribution in [0.4, 0.5) is 8.78 Å². The van der Waals surface area contributed by atoms with E-state index >= 15 is 0 Å². The van der Waals surface area contributed by atoms with E-state index in [0.29, 0.717) is 12.0 Å². The van der Waals surface area contributed by atoms with Crippen molar-refractivity contribution in [1.82, 2.24) is 0 Å². The third-order valence-corrected chi connectivity index (χ3v) is 3.98. The van der Waals surface area contributed by atoms with Gasteiger partial charge in [0.2, 0.25) is 0 Å². The van der Waals surface area contributed by atoms with E-state index in [1.165, 1.54) is 11.6 Å². The topological polar surface area (TPSA) is 26.0 Å². The minimum atomic E-state index is -0.432. The van der Waals surface area contributed by atoms with Crippen LogP contribution in [-0.2, 0) is 11.8 Å². The molecule has 0 amide bonds. The summed E-state index contributed by atoms with van der Waals surface area (Å²) < 4.78 is 27.3. The molecule has 0 aliphatic heterocycles. The molecule has 2 aromatic carbocycles. The predicted molar refractivity (Wildman–Crippen MR) is 87.0 cm³/mol. The van der Waals surface area contributed by atoms with Gasteiger partial charge in [-0.05, 0) is 53.3 Å². The standard InChI is InChI=1S/C19H23F2N/c1-19(2,3)15-6-4-13(5-7-15)10-14(12-22)17-11-16(20)8-9-18(17)21/h4-9,11,14H,10,12,22H2,1-3H3. The van der Waals surface area contributed by atoms with Crippen LogP contribution in [0.2, 0.25) is 0 Å². The van der Waals surface area contributed by atoms with Gasteiger partial charge in [0.25, 0.3) is 0 Å². The van der Waals surface area contributed by atoms with E-state index in [0.717, 1.165) is 17.7 Å². The molecule has 0 bridgehead atoms. The second-order valence-corrected chi connectivity index (χ2v) is 6.75. The molecule has 0 saturated carbocycles. The molecule has 0 aliphatic carbocycles. The lowest BCUT2D eigenvalue weighted by Crippen LogP contribution is -2.17. The summed E-state index contributed by atoms with van der Waals surface area (Å²) in [5.41, 5.74) is 8.55. The van der Waals surface area contributed by atoms with Gasteiger partial charge in [-0.25, -0.2) is 8.78 Å². The molecule has 1 unspecified atom stereocenters. The maximum absolute atomic E-state index is 13.9. The van der Waals surface area contributed by atoms with E-state index in [1.54, 1.807) is 0 Å². The third kappa shape index (κ3) is 3.92. The van der Waals surface area contributed by atoms with Crippen molar-refractivity contribution in [1.29, 1.82) is 0 Å². The Morgan fingerprint density at radius 1 is 1.00 bits per heavy atom. The molecule has 0 fully saturated rings. The lowest BCUT2D eigenvalue weighted by Gasteiger charge is -2.20. The van der Waals surface area contributed by atoms with E-state index in [9.17, 15) is 8.78 Å². The molecule has 0 spiro atoms. The first-order valence-corrected chi connectivity index (χ1v) is 7.55. The summed E-state index contributed by atoms with van der Waals surface area (Å²) in [6, 6.07) is 11.8. The predicted octanol–water partition coefficient (Wildman–Crippen LogP) is 4.55. The molecule has 0 aromatic heterocycles. The summed E-state index contributed by atoms with van der Waals surface area (Å²) >= 11 is 0. The molecule has 0 heterocycles. The van der Waals surface area contributed by atoms with Crippen LogP contribution in [0.1, 0.15) is 43.4 Å². The molecule has 118 valence electrons. The lowest BCUT2D eigenvalue weighted by molar-refractivity contribution is 0.557. The van der Waals surface area contributed by atoms with Crippen LogP contribution < -0.4 is 5.73 Å². The zero-order valence-corrected chi connectivity index (χ0v) is 13.4. The highest BCUT2D eigenvalue weighted by molar-refractivity contribution is 5.30. The van der Waals surface area contributed by atoms with Crippen LogP contribution in [-0.4, -0.2) is 6.54 Å². The summed E-state index contributed by atoms with van der Waals surface area (Å²) in [5, 5.41) is 0. The molecule has 1 nitrogen and oxygen atoms in total. The van der Waals surface area contributed by atoms with Gasteiger partial charge in [0.1, 0.15) is 11.6 Å². The molecule has 22 heavy (non-hydrogen) atoms. The Kier molecular flexibility index (Phi) is 4.97. The molecule has 0 aliphatic rings.